The molecule has 1 fully saturated rings. The predicted octanol–water partition coefficient (Wildman–Crippen LogP) is -0.714. The van der Waals surface area contributed by atoms with Gasteiger partial charge in [0.1, 0.15) is 0 Å². The number of ether oxygens (including phenoxy) is 1. The maximum atomic E-state index is 9.11. The molecule has 0 aliphatic carbocycles. The van der Waals surface area contributed by atoms with Crippen molar-refractivity contribution in [3.63, 3.8) is 0 Å². The first-order chi connectivity index (χ1) is 6.17. The van der Waals surface area contributed by atoms with Crippen LogP contribution in [0, 0.1) is 0 Å². The average Bonchev–Trinajstić information content (AvgIpc) is 2.09. The van der Waals surface area contributed by atoms with Crippen LogP contribution in [0.3, 0.4) is 0 Å². The number of likely N-dealkylation sites (N-methyl/N-ethyl adjacent to an activating group) is 1. The van der Waals surface area contributed by atoms with E-state index in [0.717, 1.165) is 19.6 Å². The van der Waals surface area contributed by atoms with Gasteiger partial charge in [0.05, 0.1) is 12.2 Å². The van der Waals surface area contributed by atoms with Crippen LogP contribution in [0.15, 0.2) is 0 Å². The van der Waals surface area contributed by atoms with Gasteiger partial charge in [-0.1, -0.05) is 0 Å². The molecule has 0 aromatic rings. The summed E-state index contributed by atoms with van der Waals surface area (Å²) in [6.45, 7) is 4.60. The Hall–Kier alpha value is -0.160. The molecule has 1 aliphatic rings. The van der Waals surface area contributed by atoms with Crippen LogP contribution >= 0.6 is 0 Å². The molecule has 0 aromatic carbocycles. The Morgan fingerprint density at radius 3 is 2.62 bits per heavy atom. The van der Waals surface area contributed by atoms with E-state index in [1.54, 1.807) is 7.11 Å². The number of likely N-dealkylation sites (tertiary alicyclic amines) is 1. The van der Waals surface area contributed by atoms with Crippen molar-refractivity contribution in [2.75, 3.05) is 33.8 Å². The molecule has 0 spiro atoms. The molecule has 0 saturated carbocycles. The number of rotatable bonds is 5. The first-order valence-corrected chi connectivity index (χ1v) is 4.77. The third kappa shape index (κ3) is 2.91. The van der Waals surface area contributed by atoms with Gasteiger partial charge in [0.25, 0.3) is 0 Å². The van der Waals surface area contributed by atoms with E-state index in [9.17, 15) is 0 Å². The number of nitrogens with zero attached hydrogens (tertiary/aromatic N) is 1. The lowest BCUT2D eigenvalue weighted by molar-refractivity contribution is -0.0169. The van der Waals surface area contributed by atoms with Crippen molar-refractivity contribution in [3.8, 4) is 0 Å². The highest BCUT2D eigenvalue weighted by Crippen LogP contribution is 2.09. The van der Waals surface area contributed by atoms with Gasteiger partial charge in [-0.05, 0) is 14.0 Å². The topological polar surface area (TPSA) is 44.7 Å². The predicted molar refractivity (Wildman–Crippen MR) is 51.8 cm³/mol. The molecule has 78 valence electrons. The van der Waals surface area contributed by atoms with Crippen LogP contribution in [-0.4, -0.2) is 62.0 Å². The Morgan fingerprint density at radius 2 is 2.23 bits per heavy atom. The van der Waals surface area contributed by atoms with E-state index in [0.29, 0.717) is 6.04 Å². The van der Waals surface area contributed by atoms with E-state index < -0.39 is 0 Å². The molecule has 1 saturated heterocycles. The van der Waals surface area contributed by atoms with Gasteiger partial charge in [-0.15, -0.1) is 0 Å². The number of nitrogens with one attached hydrogen (secondary N) is 1. The van der Waals surface area contributed by atoms with Crippen molar-refractivity contribution in [2.24, 2.45) is 0 Å². The lowest BCUT2D eigenvalue weighted by atomic mass is 10.1. The monoisotopic (exact) mass is 188 g/mol. The standard InChI is InChI=1S/C9H20N2O2/c1-7(13-3)9(10-2)6-11-4-8(12)5-11/h7-10,12H,4-6H2,1-3H3. The first-order valence-electron chi connectivity index (χ1n) is 4.77. The van der Waals surface area contributed by atoms with E-state index in [4.69, 9.17) is 9.84 Å². The molecular formula is C9H20N2O2. The molecule has 1 heterocycles. The summed E-state index contributed by atoms with van der Waals surface area (Å²) in [5.74, 6) is 0. The number of aliphatic hydroxyl groups is 1. The fraction of sp³-hybridized carbons (Fsp3) is 1.00. The molecule has 2 unspecified atom stereocenters. The number of hydrogen-bond donors (Lipinski definition) is 2. The van der Waals surface area contributed by atoms with Gasteiger partial charge in [-0.2, -0.15) is 0 Å². The van der Waals surface area contributed by atoms with Crippen LogP contribution in [0.5, 0.6) is 0 Å². The second-order valence-electron chi connectivity index (χ2n) is 3.71. The summed E-state index contributed by atoms with van der Waals surface area (Å²) in [4.78, 5) is 2.22. The Bertz CT molecular complexity index is 149. The van der Waals surface area contributed by atoms with E-state index in [2.05, 4.69) is 17.1 Å². The molecule has 0 radical (unpaired) electrons. The van der Waals surface area contributed by atoms with Gasteiger partial charge in [0.2, 0.25) is 0 Å². The highest BCUT2D eigenvalue weighted by molar-refractivity contribution is 4.84. The van der Waals surface area contributed by atoms with Crippen molar-refractivity contribution in [2.45, 2.75) is 25.2 Å². The normalized spacial score (nSPS) is 24.0. The van der Waals surface area contributed by atoms with Crippen LogP contribution in [0.25, 0.3) is 0 Å². The van der Waals surface area contributed by atoms with Crippen molar-refractivity contribution in [3.05, 3.63) is 0 Å². The minimum absolute atomic E-state index is 0.115. The van der Waals surface area contributed by atoms with Gasteiger partial charge in [-0.3, -0.25) is 4.90 Å². The van der Waals surface area contributed by atoms with Crippen LogP contribution in [0.1, 0.15) is 6.92 Å². The molecular weight excluding hydrogens is 168 g/mol. The fourth-order valence-electron chi connectivity index (χ4n) is 1.61. The number of hydrogen-bond acceptors (Lipinski definition) is 4. The van der Waals surface area contributed by atoms with Crippen LogP contribution in [0.4, 0.5) is 0 Å². The Labute approximate surface area is 79.9 Å². The van der Waals surface area contributed by atoms with E-state index in [1.807, 2.05) is 7.05 Å². The molecule has 1 rings (SSSR count). The van der Waals surface area contributed by atoms with E-state index in [1.165, 1.54) is 0 Å². The first kappa shape index (κ1) is 10.9. The lowest BCUT2D eigenvalue weighted by Crippen LogP contribution is -2.56. The second-order valence-corrected chi connectivity index (χ2v) is 3.71. The number of β-amino-alcohol motifs (C(OH)–C–C–N with tert-alkyl or cyclic N) is 1. The summed E-state index contributed by atoms with van der Waals surface area (Å²) in [6.07, 6.45) is 0.0955. The largest absolute Gasteiger partial charge is 0.390 e. The molecule has 0 aromatic heterocycles. The second kappa shape index (κ2) is 4.91. The minimum Gasteiger partial charge on any atom is -0.390 e. The van der Waals surface area contributed by atoms with Gasteiger partial charge in [-0.25, -0.2) is 0 Å². The quantitative estimate of drug-likeness (QED) is 0.598. The SMILES string of the molecule is CNC(CN1CC(O)C1)C(C)OC. The molecule has 2 atom stereocenters. The van der Waals surface area contributed by atoms with Crippen LogP contribution in [0.2, 0.25) is 0 Å². The Balaban J connectivity index is 2.23. The Morgan fingerprint density at radius 1 is 1.62 bits per heavy atom. The highest BCUT2D eigenvalue weighted by atomic mass is 16.5. The van der Waals surface area contributed by atoms with Crippen molar-refractivity contribution in [1.82, 2.24) is 10.2 Å². The highest BCUT2D eigenvalue weighted by Gasteiger charge is 2.27. The van der Waals surface area contributed by atoms with Crippen LogP contribution < -0.4 is 5.32 Å². The zero-order chi connectivity index (χ0) is 9.84. The van der Waals surface area contributed by atoms with Gasteiger partial charge < -0.3 is 15.2 Å². The molecule has 13 heavy (non-hydrogen) atoms. The fourth-order valence-corrected chi connectivity index (χ4v) is 1.61. The van der Waals surface area contributed by atoms with Crippen molar-refractivity contribution >= 4 is 0 Å². The summed E-state index contributed by atoms with van der Waals surface area (Å²) in [6, 6.07) is 0.345. The molecule has 0 amide bonds. The van der Waals surface area contributed by atoms with Gasteiger partial charge in [0, 0.05) is 32.8 Å². The Kier molecular flexibility index (Phi) is 4.12. The number of aliphatic hydroxyl groups excluding tert-OH is 1. The summed E-state index contributed by atoms with van der Waals surface area (Å²) in [5.41, 5.74) is 0. The third-order valence-electron chi connectivity index (χ3n) is 2.70. The summed E-state index contributed by atoms with van der Waals surface area (Å²) < 4.78 is 5.25. The van der Waals surface area contributed by atoms with Crippen LogP contribution in [-0.2, 0) is 4.74 Å². The molecule has 4 heteroatoms. The zero-order valence-corrected chi connectivity index (χ0v) is 8.66. The van der Waals surface area contributed by atoms with Crippen molar-refractivity contribution in [1.29, 1.82) is 0 Å². The maximum Gasteiger partial charge on any atom is 0.0793 e. The number of methoxy groups -OCH3 is 1. The van der Waals surface area contributed by atoms with E-state index in [-0.39, 0.29) is 12.2 Å². The smallest absolute Gasteiger partial charge is 0.0793 e. The zero-order valence-electron chi connectivity index (χ0n) is 8.66. The maximum absolute atomic E-state index is 9.11. The van der Waals surface area contributed by atoms with Crippen molar-refractivity contribution < 1.29 is 9.84 Å². The summed E-state index contributed by atoms with van der Waals surface area (Å²) >= 11 is 0. The van der Waals surface area contributed by atoms with E-state index >= 15 is 0 Å². The minimum atomic E-state index is -0.115. The molecule has 2 N–H and O–H groups in total. The lowest BCUT2D eigenvalue weighted by Gasteiger charge is -2.39. The summed E-state index contributed by atoms with van der Waals surface area (Å²) in [7, 11) is 3.66. The molecule has 0 bridgehead atoms. The molecule has 4 nitrogen and oxygen atoms in total. The third-order valence-corrected chi connectivity index (χ3v) is 2.70. The van der Waals surface area contributed by atoms with Gasteiger partial charge in [0.15, 0.2) is 0 Å². The average molecular weight is 188 g/mol. The summed E-state index contributed by atoms with van der Waals surface area (Å²) in [5, 5.41) is 12.3. The molecule has 1 aliphatic heterocycles. The van der Waals surface area contributed by atoms with Gasteiger partial charge >= 0.3 is 0 Å².